The lowest BCUT2D eigenvalue weighted by Crippen LogP contribution is -2.33. The monoisotopic (exact) mass is 336 g/mol. The molecule has 1 fully saturated rings. The minimum Gasteiger partial charge on any atom is -0.394 e. The van der Waals surface area contributed by atoms with Crippen LogP contribution in [0.2, 0.25) is 10.0 Å². The van der Waals surface area contributed by atoms with Crippen LogP contribution < -0.4 is 0 Å². The molecule has 1 aromatic carbocycles. The molecule has 2 heterocycles. The summed E-state index contributed by atoms with van der Waals surface area (Å²) < 4.78 is 4.54. The molecule has 1 aliphatic heterocycles. The predicted octanol–water partition coefficient (Wildman–Crippen LogP) is 0.287. The van der Waals surface area contributed by atoms with Crippen LogP contribution in [-0.2, 0) is 4.74 Å². The Labute approximate surface area is 129 Å². The summed E-state index contributed by atoms with van der Waals surface area (Å²) in [5.41, 5.74) is 1.74. The van der Waals surface area contributed by atoms with Gasteiger partial charge in [-0.2, -0.15) is 0 Å². The highest BCUT2D eigenvalue weighted by Gasteiger charge is 2.41. The van der Waals surface area contributed by atoms with Crippen LogP contribution in [-0.4, -0.2) is 61.6 Å². The Bertz CT molecular complexity index is 572. The van der Waals surface area contributed by atoms with Gasteiger partial charge in [-0.05, 0) is 12.1 Å². The van der Waals surface area contributed by atoms with Crippen molar-refractivity contribution < 1.29 is 25.2 Å². The molecule has 2 aromatic rings. The van der Waals surface area contributed by atoms with Crippen molar-refractivity contribution in [1.29, 1.82) is 0 Å². The maximum absolute atomic E-state index is 8.93. The molecule has 0 spiro atoms. The molecule has 1 saturated heterocycles. The Morgan fingerprint density at radius 2 is 1.81 bits per heavy atom. The zero-order chi connectivity index (χ0) is 15.6. The number of rotatable bonds is 1. The Morgan fingerprint density at radius 1 is 1.14 bits per heavy atom. The van der Waals surface area contributed by atoms with E-state index < -0.39 is 31.2 Å². The number of aromatic nitrogens is 2. The van der Waals surface area contributed by atoms with Crippen LogP contribution in [0.1, 0.15) is 0 Å². The molecule has 9 heteroatoms. The fraction of sp³-hybridized carbons (Fsp3) is 0.417. The molecule has 4 atom stereocenters. The van der Waals surface area contributed by atoms with Crippen LogP contribution in [0.25, 0.3) is 11.0 Å². The number of fused-ring (bicyclic) bond motifs is 1. The molecule has 3 rings (SSSR count). The summed E-state index contributed by atoms with van der Waals surface area (Å²) in [6, 6.07) is 3.49. The highest BCUT2D eigenvalue weighted by atomic mass is 35.5. The fourth-order valence-electron chi connectivity index (χ4n) is 1.81. The third-order valence-electron chi connectivity index (χ3n) is 2.98. The molecule has 5 N–H and O–H groups in total. The van der Waals surface area contributed by atoms with Crippen molar-refractivity contribution in [2.75, 3.05) is 6.61 Å². The van der Waals surface area contributed by atoms with Crippen molar-refractivity contribution in [3.8, 4) is 0 Å². The average Bonchev–Trinajstić information content (AvgIpc) is 3.00. The van der Waals surface area contributed by atoms with E-state index in [9.17, 15) is 0 Å². The van der Waals surface area contributed by atoms with Gasteiger partial charge in [0, 0.05) is 0 Å². The third-order valence-corrected chi connectivity index (χ3v) is 3.70. The van der Waals surface area contributed by atoms with Gasteiger partial charge in [-0.1, -0.05) is 23.2 Å². The van der Waals surface area contributed by atoms with Crippen molar-refractivity contribution in [2.45, 2.75) is 24.6 Å². The van der Waals surface area contributed by atoms with E-state index in [-0.39, 0.29) is 0 Å². The second-order valence-corrected chi connectivity index (χ2v) is 5.23. The van der Waals surface area contributed by atoms with Gasteiger partial charge in [-0.15, -0.1) is 0 Å². The number of aliphatic hydroxyl groups excluding tert-OH is 4. The average molecular weight is 337 g/mol. The molecule has 0 radical (unpaired) electrons. The summed E-state index contributed by atoms with van der Waals surface area (Å²) in [6.07, 6.45) is -3.15. The van der Waals surface area contributed by atoms with Crippen molar-refractivity contribution in [3.63, 3.8) is 0 Å². The smallest absolute Gasteiger partial charge is 0.184 e. The first-order valence-electron chi connectivity index (χ1n) is 6.02. The molecule has 0 aliphatic carbocycles. The van der Waals surface area contributed by atoms with Crippen LogP contribution in [0.5, 0.6) is 0 Å². The molecule has 0 amide bonds. The Balaban J connectivity index is 0.000000155. The second kappa shape index (κ2) is 6.89. The number of nitrogens with zero attached hydrogens (tertiary/aromatic N) is 1. The first kappa shape index (κ1) is 16.4. The highest BCUT2D eigenvalue weighted by Crippen LogP contribution is 2.25. The maximum Gasteiger partial charge on any atom is 0.184 e. The van der Waals surface area contributed by atoms with E-state index >= 15 is 0 Å². The number of hydrogen-bond acceptors (Lipinski definition) is 6. The van der Waals surface area contributed by atoms with Crippen molar-refractivity contribution in [2.24, 2.45) is 0 Å². The standard InChI is InChI=1S/C7H4Cl2N2.C5H10O5/c8-4-1-6-7(2-5(4)9)11-3-10-6;6-1-2-3(7)4(8)5(9)10-2/h1-3H,(H,10,11);2-9H,1H2/t;2-,3-,4-,5-/m.1/s1. The Morgan fingerprint density at radius 3 is 2.33 bits per heavy atom. The fourth-order valence-corrected chi connectivity index (χ4v) is 2.13. The van der Waals surface area contributed by atoms with Crippen molar-refractivity contribution >= 4 is 34.2 Å². The van der Waals surface area contributed by atoms with E-state index in [1.165, 1.54) is 0 Å². The first-order valence-corrected chi connectivity index (χ1v) is 6.78. The molecule has 0 bridgehead atoms. The lowest BCUT2D eigenvalue weighted by molar-refractivity contribution is -0.132. The molecule has 116 valence electrons. The lowest BCUT2D eigenvalue weighted by atomic mass is 10.1. The van der Waals surface area contributed by atoms with Gasteiger partial charge in [-0.25, -0.2) is 4.98 Å². The van der Waals surface area contributed by atoms with Crippen LogP contribution in [0.15, 0.2) is 18.5 Å². The molecular weight excluding hydrogens is 323 g/mol. The van der Waals surface area contributed by atoms with Crippen LogP contribution in [0.3, 0.4) is 0 Å². The SMILES string of the molecule is Clc1cc2nc[nH]c2cc1Cl.OC[C@H]1O[C@@H](O)[C@H](O)[C@@H]1O. The number of halogens is 2. The van der Waals surface area contributed by atoms with E-state index in [0.717, 1.165) is 11.0 Å². The summed E-state index contributed by atoms with van der Waals surface area (Å²) in [6.45, 7) is -0.407. The first-order chi connectivity index (χ1) is 9.93. The highest BCUT2D eigenvalue weighted by molar-refractivity contribution is 6.42. The summed E-state index contributed by atoms with van der Waals surface area (Å²) in [5.74, 6) is 0. The van der Waals surface area contributed by atoms with Crippen molar-refractivity contribution in [3.05, 3.63) is 28.5 Å². The minimum atomic E-state index is -1.38. The minimum absolute atomic E-state index is 0.407. The zero-order valence-electron chi connectivity index (χ0n) is 10.6. The van der Waals surface area contributed by atoms with E-state index in [4.69, 9.17) is 43.6 Å². The molecule has 7 nitrogen and oxygen atoms in total. The van der Waals surface area contributed by atoms with Gasteiger partial charge in [0.1, 0.15) is 18.3 Å². The van der Waals surface area contributed by atoms with E-state index in [0.29, 0.717) is 10.0 Å². The summed E-state index contributed by atoms with van der Waals surface area (Å²) >= 11 is 11.5. The summed E-state index contributed by atoms with van der Waals surface area (Å²) in [7, 11) is 0. The maximum atomic E-state index is 8.93. The van der Waals surface area contributed by atoms with Gasteiger partial charge < -0.3 is 30.1 Å². The van der Waals surface area contributed by atoms with E-state index in [1.54, 1.807) is 18.5 Å². The van der Waals surface area contributed by atoms with E-state index in [1.807, 2.05) is 0 Å². The topological polar surface area (TPSA) is 119 Å². The number of imidazole rings is 1. The van der Waals surface area contributed by atoms with E-state index in [2.05, 4.69) is 14.7 Å². The van der Waals surface area contributed by atoms with Gasteiger partial charge >= 0.3 is 0 Å². The summed E-state index contributed by atoms with van der Waals surface area (Å²) in [4.78, 5) is 6.96. The van der Waals surface area contributed by atoms with Gasteiger partial charge in [0.25, 0.3) is 0 Å². The molecule has 21 heavy (non-hydrogen) atoms. The molecule has 0 unspecified atom stereocenters. The van der Waals surface area contributed by atoms with Gasteiger partial charge in [0.2, 0.25) is 0 Å². The van der Waals surface area contributed by atoms with Gasteiger partial charge in [-0.3, -0.25) is 0 Å². The second-order valence-electron chi connectivity index (χ2n) is 4.41. The van der Waals surface area contributed by atoms with Gasteiger partial charge in [0.05, 0.1) is 34.0 Å². The number of aliphatic hydroxyl groups is 4. The van der Waals surface area contributed by atoms with Crippen LogP contribution >= 0.6 is 23.2 Å². The number of nitrogens with one attached hydrogen (secondary N) is 1. The predicted molar refractivity (Wildman–Crippen MR) is 76.1 cm³/mol. The zero-order valence-corrected chi connectivity index (χ0v) is 12.2. The van der Waals surface area contributed by atoms with Crippen LogP contribution in [0.4, 0.5) is 0 Å². The molecule has 0 saturated carbocycles. The quantitative estimate of drug-likeness (QED) is 0.510. The van der Waals surface area contributed by atoms with Crippen LogP contribution in [0, 0.1) is 0 Å². The number of benzene rings is 1. The summed E-state index contributed by atoms with van der Waals surface area (Å²) in [5, 5.41) is 36.0. The van der Waals surface area contributed by atoms with Gasteiger partial charge in [0.15, 0.2) is 6.29 Å². The normalized spacial score (nSPS) is 28.5. The molecule has 1 aliphatic rings. The number of hydrogen-bond donors (Lipinski definition) is 5. The number of aromatic amines is 1. The molecule has 1 aromatic heterocycles. The number of ether oxygens (including phenoxy) is 1. The Hall–Kier alpha value is -0.930. The molecular formula is C12H14Cl2N2O5. The van der Waals surface area contributed by atoms with Crippen molar-refractivity contribution in [1.82, 2.24) is 9.97 Å². The Kier molecular flexibility index (Phi) is 5.39. The lowest BCUT2D eigenvalue weighted by Gasteiger charge is -2.09. The number of H-pyrrole nitrogens is 1. The largest absolute Gasteiger partial charge is 0.394 e. The third kappa shape index (κ3) is 3.64.